The summed E-state index contributed by atoms with van der Waals surface area (Å²) in [6.45, 7) is 8.66. The van der Waals surface area contributed by atoms with Gasteiger partial charge in [0.05, 0.1) is 0 Å². The quantitative estimate of drug-likeness (QED) is 0.771. The molecule has 1 rings (SSSR count). The maximum absolute atomic E-state index is 4.28. The molecule has 1 heterocycles. The Morgan fingerprint density at radius 3 is 2.67 bits per heavy atom. The number of hydrogen-bond donors (Lipinski definition) is 0. The van der Waals surface area contributed by atoms with E-state index in [2.05, 4.69) is 51.6 Å². The lowest BCUT2D eigenvalue weighted by Crippen LogP contribution is -2.28. The molecule has 0 fully saturated rings. The first kappa shape index (κ1) is 12.4. The fourth-order valence-electron chi connectivity index (χ4n) is 1.39. The third kappa shape index (κ3) is 3.78. The number of hydrogen-bond acceptors (Lipinski definition) is 3. The predicted molar refractivity (Wildman–Crippen MR) is 67.1 cm³/mol. The Morgan fingerprint density at radius 1 is 1.40 bits per heavy atom. The molecular weight excluding hydrogens is 254 g/mol. The molecule has 1 atom stereocenters. The summed E-state index contributed by atoms with van der Waals surface area (Å²) in [7, 11) is 0. The van der Waals surface area contributed by atoms with Crippen molar-refractivity contribution in [2.24, 2.45) is 5.92 Å². The van der Waals surface area contributed by atoms with Gasteiger partial charge in [-0.1, -0.05) is 20.3 Å². The minimum absolute atomic E-state index is 0.693. The molecule has 1 unspecified atom stereocenters. The van der Waals surface area contributed by atoms with E-state index in [0.29, 0.717) is 5.92 Å². The number of rotatable bonds is 5. The highest BCUT2D eigenvalue weighted by atomic mass is 79.9. The van der Waals surface area contributed by atoms with E-state index in [-0.39, 0.29) is 0 Å². The molecule has 0 aliphatic carbocycles. The van der Waals surface area contributed by atoms with Crippen molar-refractivity contribution in [3.63, 3.8) is 0 Å². The molecule has 0 N–H and O–H groups in total. The Bertz CT molecular complexity index is 304. The third-order valence-electron chi connectivity index (χ3n) is 2.55. The molecule has 15 heavy (non-hydrogen) atoms. The van der Waals surface area contributed by atoms with Gasteiger partial charge >= 0.3 is 0 Å². The topological polar surface area (TPSA) is 29.0 Å². The molecule has 0 amide bonds. The number of aromatic nitrogens is 2. The standard InChI is InChI=1S/C11H18BrN3/c1-4-9(3)7-15(5-2)11-6-10(12)13-8-14-11/h6,8-9H,4-5,7H2,1-3H3. The van der Waals surface area contributed by atoms with Crippen molar-refractivity contribution in [3.05, 3.63) is 17.0 Å². The van der Waals surface area contributed by atoms with Crippen molar-refractivity contribution >= 4 is 21.7 Å². The highest BCUT2D eigenvalue weighted by Crippen LogP contribution is 2.16. The Balaban J connectivity index is 2.73. The van der Waals surface area contributed by atoms with Crippen LogP contribution in [0.2, 0.25) is 0 Å². The average Bonchev–Trinajstić information content (AvgIpc) is 2.25. The van der Waals surface area contributed by atoms with E-state index >= 15 is 0 Å². The Hall–Kier alpha value is -0.640. The highest BCUT2D eigenvalue weighted by molar-refractivity contribution is 9.10. The monoisotopic (exact) mass is 271 g/mol. The van der Waals surface area contributed by atoms with Gasteiger partial charge in [0.2, 0.25) is 0 Å². The van der Waals surface area contributed by atoms with Crippen LogP contribution in [-0.2, 0) is 0 Å². The summed E-state index contributed by atoms with van der Waals surface area (Å²) in [6.07, 6.45) is 2.79. The van der Waals surface area contributed by atoms with Gasteiger partial charge in [-0.3, -0.25) is 0 Å². The van der Waals surface area contributed by atoms with Crippen molar-refractivity contribution in [1.29, 1.82) is 0 Å². The minimum atomic E-state index is 0.693. The van der Waals surface area contributed by atoms with E-state index in [1.807, 2.05) is 6.07 Å². The Labute approximate surface area is 100 Å². The fraction of sp³-hybridized carbons (Fsp3) is 0.636. The molecule has 0 radical (unpaired) electrons. The van der Waals surface area contributed by atoms with Crippen LogP contribution in [-0.4, -0.2) is 23.1 Å². The van der Waals surface area contributed by atoms with Gasteiger partial charge in [0.25, 0.3) is 0 Å². The molecule has 3 nitrogen and oxygen atoms in total. The summed E-state index contributed by atoms with van der Waals surface area (Å²) in [5.41, 5.74) is 0. The van der Waals surface area contributed by atoms with Crippen molar-refractivity contribution in [1.82, 2.24) is 9.97 Å². The van der Waals surface area contributed by atoms with Crippen molar-refractivity contribution in [3.8, 4) is 0 Å². The molecule has 0 aliphatic rings. The van der Waals surface area contributed by atoms with Crippen LogP contribution in [0.1, 0.15) is 27.2 Å². The van der Waals surface area contributed by atoms with E-state index in [4.69, 9.17) is 0 Å². The van der Waals surface area contributed by atoms with Crippen LogP contribution in [0.25, 0.3) is 0 Å². The van der Waals surface area contributed by atoms with E-state index < -0.39 is 0 Å². The number of anilines is 1. The van der Waals surface area contributed by atoms with Gasteiger partial charge in [0.15, 0.2) is 0 Å². The third-order valence-corrected chi connectivity index (χ3v) is 2.99. The maximum Gasteiger partial charge on any atom is 0.133 e. The molecule has 84 valence electrons. The van der Waals surface area contributed by atoms with E-state index in [1.54, 1.807) is 6.33 Å². The van der Waals surface area contributed by atoms with Crippen LogP contribution in [0.15, 0.2) is 17.0 Å². The number of halogens is 1. The van der Waals surface area contributed by atoms with Crippen LogP contribution in [0, 0.1) is 5.92 Å². The van der Waals surface area contributed by atoms with Crippen molar-refractivity contribution < 1.29 is 0 Å². The van der Waals surface area contributed by atoms with Gasteiger partial charge in [-0.2, -0.15) is 0 Å². The van der Waals surface area contributed by atoms with Crippen LogP contribution in [0.4, 0.5) is 5.82 Å². The lowest BCUT2D eigenvalue weighted by molar-refractivity contribution is 0.545. The summed E-state index contributed by atoms with van der Waals surface area (Å²) in [5, 5.41) is 0. The Kier molecular flexibility index (Phi) is 5.02. The summed E-state index contributed by atoms with van der Waals surface area (Å²) in [4.78, 5) is 10.6. The molecule has 0 saturated heterocycles. The summed E-state index contributed by atoms with van der Waals surface area (Å²) < 4.78 is 0.843. The number of nitrogens with zero attached hydrogens (tertiary/aromatic N) is 3. The smallest absolute Gasteiger partial charge is 0.133 e. The lowest BCUT2D eigenvalue weighted by Gasteiger charge is -2.24. The van der Waals surface area contributed by atoms with Gasteiger partial charge in [0.1, 0.15) is 16.7 Å². The maximum atomic E-state index is 4.28. The summed E-state index contributed by atoms with van der Waals surface area (Å²) in [5.74, 6) is 1.69. The van der Waals surface area contributed by atoms with Gasteiger partial charge in [0, 0.05) is 19.2 Å². The zero-order chi connectivity index (χ0) is 11.3. The molecule has 4 heteroatoms. The van der Waals surface area contributed by atoms with Crippen molar-refractivity contribution in [2.45, 2.75) is 27.2 Å². The highest BCUT2D eigenvalue weighted by Gasteiger charge is 2.09. The van der Waals surface area contributed by atoms with E-state index in [0.717, 1.165) is 23.5 Å². The first-order chi connectivity index (χ1) is 7.17. The molecule has 0 spiro atoms. The van der Waals surface area contributed by atoms with Gasteiger partial charge in [-0.05, 0) is 28.8 Å². The fourth-order valence-corrected chi connectivity index (χ4v) is 1.68. The van der Waals surface area contributed by atoms with Gasteiger partial charge < -0.3 is 4.90 Å². The normalized spacial score (nSPS) is 12.5. The van der Waals surface area contributed by atoms with E-state index in [9.17, 15) is 0 Å². The zero-order valence-electron chi connectivity index (χ0n) is 9.57. The molecule has 0 saturated carbocycles. The SMILES string of the molecule is CCC(C)CN(CC)c1cc(Br)ncn1. The van der Waals surface area contributed by atoms with Gasteiger partial charge in [-0.25, -0.2) is 9.97 Å². The first-order valence-corrected chi connectivity index (χ1v) is 6.19. The molecule has 1 aromatic rings. The second kappa shape index (κ2) is 6.05. The van der Waals surface area contributed by atoms with Crippen LogP contribution >= 0.6 is 15.9 Å². The predicted octanol–water partition coefficient (Wildman–Crippen LogP) is 3.11. The summed E-state index contributed by atoms with van der Waals surface area (Å²) in [6, 6.07) is 1.96. The first-order valence-electron chi connectivity index (χ1n) is 5.39. The van der Waals surface area contributed by atoms with Crippen molar-refractivity contribution in [2.75, 3.05) is 18.0 Å². The average molecular weight is 272 g/mol. The summed E-state index contributed by atoms with van der Waals surface area (Å²) >= 11 is 3.37. The lowest BCUT2D eigenvalue weighted by atomic mass is 10.1. The van der Waals surface area contributed by atoms with Gasteiger partial charge in [-0.15, -0.1) is 0 Å². The molecule has 0 aliphatic heterocycles. The molecule has 0 bridgehead atoms. The van der Waals surface area contributed by atoms with E-state index in [1.165, 1.54) is 6.42 Å². The second-order valence-corrected chi connectivity index (χ2v) is 4.56. The van der Waals surface area contributed by atoms with Crippen LogP contribution < -0.4 is 4.90 Å². The molecule has 0 aromatic carbocycles. The minimum Gasteiger partial charge on any atom is -0.356 e. The Morgan fingerprint density at radius 2 is 2.13 bits per heavy atom. The second-order valence-electron chi connectivity index (χ2n) is 3.75. The van der Waals surface area contributed by atoms with Crippen LogP contribution in [0.5, 0.6) is 0 Å². The zero-order valence-corrected chi connectivity index (χ0v) is 11.2. The molecule has 1 aromatic heterocycles. The largest absolute Gasteiger partial charge is 0.356 e. The van der Waals surface area contributed by atoms with Crippen LogP contribution in [0.3, 0.4) is 0 Å². The molecular formula is C11H18BrN3.